The molecule has 3 aromatic rings. The summed E-state index contributed by atoms with van der Waals surface area (Å²) in [5, 5.41) is 0. The number of hydrogen-bond donors (Lipinski definition) is 1. The number of aromatic amines is 1. The normalized spacial score (nSPS) is 12.4. The molecule has 3 rings (SSSR count). The molecule has 132 valence electrons. The highest BCUT2D eigenvalue weighted by molar-refractivity contribution is 7.07. The number of carbonyl (C=O) groups is 1. The minimum atomic E-state index is -0.203. The molecule has 1 N–H and O–H groups in total. The summed E-state index contributed by atoms with van der Waals surface area (Å²) < 4.78 is 6.22. The smallest absolute Gasteiger partial charge is 0.266 e. The van der Waals surface area contributed by atoms with Gasteiger partial charge in [0, 0.05) is 11.6 Å². The van der Waals surface area contributed by atoms with Crippen molar-refractivity contribution in [2.45, 2.75) is 13.8 Å². The Balaban J connectivity index is 1.96. The van der Waals surface area contributed by atoms with E-state index in [0.29, 0.717) is 14.8 Å². The van der Waals surface area contributed by atoms with Crippen LogP contribution in [0.1, 0.15) is 27.0 Å². The first kappa shape index (κ1) is 17.9. The number of carbonyl (C=O) groups excluding carboxylic acids is 1. The molecule has 0 saturated carbocycles. The quantitative estimate of drug-likeness (QED) is 0.723. The van der Waals surface area contributed by atoms with Crippen LogP contribution in [0.4, 0.5) is 0 Å². The molecule has 0 saturated heterocycles. The van der Waals surface area contributed by atoms with E-state index in [1.54, 1.807) is 13.2 Å². The maximum absolute atomic E-state index is 12.5. The van der Waals surface area contributed by atoms with Gasteiger partial charge in [0.25, 0.3) is 5.56 Å². The first-order valence-corrected chi connectivity index (χ1v) is 8.95. The highest BCUT2D eigenvalue weighted by Crippen LogP contribution is 2.11. The van der Waals surface area contributed by atoms with E-state index in [9.17, 15) is 9.59 Å². The maximum atomic E-state index is 12.5. The maximum Gasteiger partial charge on any atom is 0.266 e. The molecule has 0 spiro atoms. The van der Waals surface area contributed by atoms with Crippen molar-refractivity contribution in [2.24, 2.45) is 0 Å². The number of aromatic nitrogens is 1. The van der Waals surface area contributed by atoms with Crippen LogP contribution in [0.15, 0.2) is 47.3 Å². The van der Waals surface area contributed by atoms with Crippen LogP contribution in [0, 0.1) is 13.8 Å². The van der Waals surface area contributed by atoms with Crippen molar-refractivity contribution in [3.05, 3.63) is 84.3 Å². The summed E-state index contributed by atoms with van der Waals surface area (Å²) >= 11 is 1.26. The number of rotatable bonds is 4. The predicted octanol–water partition coefficient (Wildman–Crippen LogP) is 2.55. The van der Waals surface area contributed by atoms with E-state index in [2.05, 4.69) is 4.98 Å². The molecule has 0 unspecified atom stereocenters. The van der Waals surface area contributed by atoms with E-state index < -0.39 is 0 Å². The van der Waals surface area contributed by atoms with Gasteiger partial charge in [-0.3, -0.25) is 9.59 Å². The van der Waals surface area contributed by atoms with E-state index in [1.807, 2.05) is 56.3 Å². The summed E-state index contributed by atoms with van der Waals surface area (Å²) in [7, 11) is 1.61. The van der Waals surface area contributed by atoms with Gasteiger partial charge in [-0.2, -0.15) is 0 Å². The van der Waals surface area contributed by atoms with Crippen LogP contribution in [-0.2, 0) is 0 Å². The number of ether oxygens (including phenoxy) is 1. The van der Waals surface area contributed by atoms with Crippen molar-refractivity contribution < 1.29 is 9.53 Å². The second-order valence-corrected chi connectivity index (χ2v) is 7.17. The predicted molar refractivity (Wildman–Crippen MR) is 105 cm³/mol. The van der Waals surface area contributed by atoms with Gasteiger partial charge < -0.3 is 9.72 Å². The average molecular weight is 365 g/mol. The number of benzene rings is 2. The number of nitrogens with one attached hydrogen (secondary N) is 1. The van der Waals surface area contributed by atoms with Crippen LogP contribution in [0.5, 0.6) is 5.75 Å². The lowest BCUT2D eigenvalue weighted by molar-refractivity contribution is 0.106. The summed E-state index contributed by atoms with van der Waals surface area (Å²) in [6.45, 7) is 3.91. The topological polar surface area (TPSA) is 59.2 Å². The van der Waals surface area contributed by atoms with Crippen LogP contribution in [0.25, 0.3) is 12.2 Å². The standard InChI is InChI=1S/C21H19NO3S/c1-13-8-14(2)10-16(9-13)18(23)12-20-22-21(24)19(26-20)11-15-4-6-17(25-3)7-5-15/h4-12H,1-3H3,(H,22,24)/b19-11-,20-12-. The van der Waals surface area contributed by atoms with Gasteiger partial charge in [0.15, 0.2) is 5.78 Å². The molecule has 0 atom stereocenters. The molecule has 0 aliphatic rings. The summed E-state index contributed by atoms with van der Waals surface area (Å²) in [4.78, 5) is 27.4. The summed E-state index contributed by atoms with van der Waals surface area (Å²) in [5.41, 5.74) is 3.39. The number of methoxy groups -OCH3 is 1. The third-order valence-corrected chi connectivity index (χ3v) is 4.83. The highest BCUT2D eigenvalue weighted by Gasteiger charge is 2.05. The Morgan fingerprint density at radius 3 is 2.35 bits per heavy atom. The number of Topliss-reactive ketones (excluding diaryl/α,β-unsaturated/α-hetero) is 1. The fraction of sp³-hybridized carbons (Fsp3) is 0.143. The number of thiazole rings is 1. The molecule has 0 radical (unpaired) electrons. The Bertz CT molecular complexity index is 1100. The number of aryl methyl sites for hydroxylation is 2. The lowest BCUT2D eigenvalue weighted by atomic mass is 10.0. The SMILES string of the molecule is COc1ccc(/C=c2\s/c(=C\C(=O)c3cc(C)cc(C)c3)[nH]c2=O)cc1. The molecular formula is C21H19NO3S. The van der Waals surface area contributed by atoms with Crippen LogP contribution in [-0.4, -0.2) is 17.9 Å². The van der Waals surface area contributed by atoms with Crippen LogP contribution >= 0.6 is 11.3 Å². The van der Waals surface area contributed by atoms with Crippen molar-refractivity contribution in [3.8, 4) is 5.75 Å². The van der Waals surface area contributed by atoms with E-state index in [-0.39, 0.29) is 11.3 Å². The van der Waals surface area contributed by atoms with Gasteiger partial charge in [-0.05, 0) is 49.8 Å². The molecule has 26 heavy (non-hydrogen) atoms. The minimum Gasteiger partial charge on any atom is -0.497 e. The summed E-state index contributed by atoms with van der Waals surface area (Å²) in [5.74, 6) is 0.639. The second-order valence-electron chi connectivity index (χ2n) is 6.09. The van der Waals surface area contributed by atoms with Gasteiger partial charge in [0.1, 0.15) is 5.75 Å². The zero-order valence-electron chi connectivity index (χ0n) is 14.8. The van der Waals surface area contributed by atoms with Gasteiger partial charge in [-0.15, -0.1) is 11.3 Å². The van der Waals surface area contributed by atoms with Crippen molar-refractivity contribution in [3.63, 3.8) is 0 Å². The zero-order chi connectivity index (χ0) is 18.7. The third kappa shape index (κ3) is 4.18. The highest BCUT2D eigenvalue weighted by atomic mass is 32.1. The Morgan fingerprint density at radius 2 is 1.73 bits per heavy atom. The van der Waals surface area contributed by atoms with E-state index in [0.717, 1.165) is 22.4 Å². The first-order chi connectivity index (χ1) is 12.4. The lowest BCUT2D eigenvalue weighted by Crippen LogP contribution is -2.20. The Kier molecular flexibility index (Phi) is 5.19. The molecular weight excluding hydrogens is 346 g/mol. The molecule has 4 nitrogen and oxygen atoms in total. The van der Waals surface area contributed by atoms with Gasteiger partial charge in [0.2, 0.25) is 0 Å². The van der Waals surface area contributed by atoms with Crippen LogP contribution < -0.4 is 19.5 Å². The van der Waals surface area contributed by atoms with Crippen molar-refractivity contribution in [1.82, 2.24) is 4.98 Å². The van der Waals surface area contributed by atoms with Gasteiger partial charge in [-0.25, -0.2) is 0 Å². The third-order valence-electron chi connectivity index (χ3n) is 3.86. The van der Waals surface area contributed by atoms with Gasteiger partial charge >= 0.3 is 0 Å². The minimum absolute atomic E-state index is 0.120. The molecule has 1 aromatic heterocycles. The number of H-pyrrole nitrogens is 1. The van der Waals surface area contributed by atoms with Crippen LogP contribution in [0.2, 0.25) is 0 Å². The Hall–Kier alpha value is -2.92. The first-order valence-electron chi connectivity index (χ1n) is 8.14. The van der Waals surface area contributed by atoms with E-state index in [1.165, 1.54) is 17.4 Å². The molecule has 0 amide bonds. The second kappa shape index (κ2) is 7.54. The molecule has 0 bridgehead atoms. The summed E-state index contributed by atoms with van der Waals surface area (Å²) in [6.07, 6.45) is 3.27. The molecule has 0 aliphatic heterocycles. The van der Waals surface area contributed by atoms with E-state index >= 15 is 0 Å². The van der Waals surface area contributed by atoms with Crippen molar-refractivity contribution in [1.29, 1.82) is 0 Å². The van der Waals surface area contributed by atoms with Crippen LogP contribution in [0.3, 0.4) is 0 Å². The van der Waals surface area contributed by atoms with E-state index in [4.69, 9.17) is 4.74 Å². The average Bonchev–Trinajstić information content (AvgIpc) is 2.94. The fourth-order valence-electron chi connectivity index (χ4n) is 2.70. The van der Waals surface area contributed by atoms with Gasteiger partial charge in [-0.1, -0.05) is 29.3 Å². The molecule has 5 heteroatoms. The molecule has 1 heterocycles. The van der Waals surface area contributed by atoms with Gasteiger partial charge in [0.05, 0.1) is 16.3 Å². The zero-order valence-corrected chi connectivity index (χ0v) is 15.6. The largest absolute Gasteiger partial charge is 0.497 e. The molecule has 2 aromatic carbocycles. The monoisotopic (exact) mass is 365 g/mol. The lowest BCUT2D eigenvalue weighted by Gasteiger charge is -2.00. The Labute approximate surface area is 155 Å². The Morgan fingerprint density at radius 1 is 1.08 bits per heavy atom. The number of ketones is 1. The molecule has 0 aliphatic carbocycles. The summed E-state index contributed by atoms with van der Waals surface area (Å²) in [6, 6.07) is 13.1. The van der Waals surface area contributed by atoms with Crippen molar-refractivity contribution in [2.75, 3.05) is 7.11 Å². The number of hydrogen-bond acceptors (Lipinski definition) is 4. The fourth-order valence-corrected chi connectivity index (χ4v) is 3.58. The molecule has 0 fully saturated rings. The van der Waals surface area contributed by atoms with Crippen molar-refractivity contribution >= 4 is 29.3 Å².